The molecule has 164 valence electrons. The third-order valence-electron chi connectivity index (χ3n) is 5.01. The molecule has 1 saturated heterocycles. The molecule has 30 heavy (non-hydrogen) atoms. The Kier molecular flexibility index (Phi) is 6.74. The van der Waals surface area contributed by atoms with Gasteiger partial charge in [-0.3, -0.25) is 4.99 Å². The van der Waals surface area contributed by atoms with Crippen molar-refractivity contribution in [2.75, 3.05) is 20.2 Å². The SMILES string of the molecule is C=Nc1cc(C(O)C(F)(F)F)cc(-n2cccn2)c1OCC1CCC(CNC)N1F. The maximum Gasteiger partial charge on any atom is 0.418 e. The molecule has 2 aromatic rings. The average Bonchev–Trinajstić information content (AvgIpc) is 3.36. The van der Waals surface area contributed by atoms with E-state index in [-0.39, 0.29) is 29.8 Å². The number of likely N-dealkylation sites (N-methyl/N-ethyl adjacent to an activating group) is 1. The van der Waals surface area contributed by atoms with E-state index in [4.69, 9.17) is 4.74 Å². The third kappa shape index (κ3) is 4.63. The molecule has 3 rings (SSSR count). The number of aliphatic imine (C=N–C) groups is 1. The molecule has 1 aliphatic heterocycles. The molecule has 2 heterocycles. The Morgan fingerprint density at radius 1 is 1.37 bits per heavy atom. The van der Waals surface area contributed by atoms with Crippen molar-refractivity contribution in [3.8, 4) is 11.4 Å². The van der Waals surface area contributed by atoms with Crippen LogP contribution in [0.3, 0.4) is 0 Å². The van der Waals surface area contributed by atoms with Crippen LogP contribution in [-0.4, -0.2) is 65.2 Å². The van der Waals surface area contributed by atoms with E-state index in [2.05, 4.69) is 22.1 Å². The third-order valence-corrected chi connectivity index (χ3v) is 5.01. The lowest BCUT2D eigenvalue weighted by Crippen LogP contribution is -2.37. The summed E-state index contributed by atoms with van der Waals surface area (Å²) in [5.74, 6) is 0.109. The van der Waals surface area contributed by atoms with Gasteiger partial charge in [-0.25, -0.2) is 4.68 Å². The van der Waals surface area contributed by atoms with E-state index in [0.29, 0.717) is 19.4 Å². The fourth-order valence-corrected chi connectivity index (χ4v) is 3.50. The fraction of sp³-hybridized carbons (Fsp3) is 0.474. The molecule has 2 N–H and O–H groups in total. The summed E-state index contributed by atoms with van der Waals surface area (Å²) < 4.78 is 60.7. The molecule has 1 fully saturated rings. The standard InChI is InChI=1S/C19H23F4N5O2/c1-24-10-13-4-5-14(28(13)23)11-30-17-15(25-2)8-12(18(29)19(20,21)22)9-16(17)27-7-3-6-26-27/h3,6-9,13-14,18,24,29H,2,4-5,10-11H2,1H3. The van der Waals surface area contributed by atoms with Gasteiger partial charge in [0.2, 0.25) is 0 Å². The minimum Gasteiger partial charge on any atom is -0.487 e. The van der Waals surface area contributed by atoms with E-state index in [0.717, 1.165) is 17.3 Å². The summed E-state index contributed by atoms with van der Waals surface area (Å²) in [7, 11) is 1.74. The van der Waals surface area contributed by atoms with Crippen LogP contribution in [0.2, 0.25) is 0 Å². The fourth-order valence-electron chi connectivity index (χ4n) is 3.50. The van der Waals surface area contributed by atoms with Crippen LogP contribution in [0, 0.1) is 0 Å². The first-order valence-electron chi connectivity index (χ1n) is 9.37. The van der Waals surface area contributed by atoms with Gasteiger partial charge in [-0.15, -0.1) is 9.60 Å². The number of alkyl halides is 3. The molecule has 7 nitrogen and oxygen atoms in total. The van der Waals surface area contributed by atoms with Crippen LogP contribution in [0.25, 0.3) is 5.69 Å². The number of hydrogen-bond acceptors (Lipinski definition) is 6. The molecule has 0 aliphatic carbocycles. The molecule has 0 bridgehead atoms. The number of nitrogens with one attached hydrogen (secondary N) is 1. The number of ether oxygens (including phenoxy) is 1. The van der Waals surface area contributed by atoms with Crippen molar-refractivity contribution >= 4 is 12.4 Å². The zero-order chi connectivity index (χ0) is 21.9. The normalized spacial score (nSPS) is 21.0. The molecule has 1 aromatic heterocycles. The van der Waals surface area contributed by atoms with Crippen LogP contribution in [0.1, 0.15) is 24.5 Å². The van der Waals surface area contributed by atoms with Gasteiger partial charge >= 0.3 is 6.18 Å². The number of aliphatic hydroxyl groups excluding tert-OH is 1. The average molecular weight is 429 g/mol. The molecule has 0 spiro atoms. The van der Waals surface area contributed by atoms with Crippen molar-refractivity contribution in [3.63, 3.8) is 0 Å². The largest absolute Gasteiger partial charge is 0.487 e. The van der Waals surface area contributed by atoms with E-state index < -0.39 is 23.9 Å². The Morgan fingerprint density at radius 3 is 2.70 bits per heavy atom. The van der Waals surface area contributed by atoms with E-state index in [1.807, 2.05) is 0 Å². The number of rotatable bonds is 8. The lowest BCUT2D eigenvalue weighted by Gasteiger charge is -2.23. The van der Waals surface area contributed by atoms with Crippen LogP contribution < -0.4 is 10.1 Å². The Bertz CT molecular complexity index is 859. The summed E-state index contributed by atoms with van der Waals surface area (Å²) in [6, 6.07) is 2.99. The number of aliphatic hydroxyl groups is 1. The molecular formula is C19H23F4N5O2. The number of benzene rings is 1. The summed E-state index contributed by atoms with van der Waals surface area (Å²) in [5, 5.41) is 17.4. The number of halogens is 4. The van der Waals surface area contributed by atoms with Gasteiger partial charge in [-0.1, -0.05) is 0 Å². The predicted octanol–water partition coefficient (Wildman–Crippen LogP) is 3.12. The first-order valence-corrected chi connectivity index (χ1v) is 9.37. The quantitative estimate of drug-likeness (QED) is 0.383. The summed E-state index contributed by atoms with van der Waals surface area (Å²) in [6.45, 7) is 3.85. The van der Waals surface area contributed by atoms with Crippen LogP contribution in [0.5, 0.6) is 5.75 Å². The topological polar surface area (TPSA) is 74.9 Å². The first-order chi connectivity index (χ1) is 14.3. The Morgan fingerprint density at radius 2 is 2.10 bits per heavy atom. The van der Waals surface area contributed by atoms with Gasteiger partial charge < -0.3 is 15.2 Å². The van der Waals surface area contributed by atoms with Crippen LogP contribution in [0.4, 0.5) is 23.3 Å². The predicted molar refractivity (Wildman–Crippen MR) is 103 cm³/mol. The van der Waals surface area contributed by atoms with Gasteiger partial charge in [-0.05, 0) is 50.4 Å². The van der Waals surface area contributed by atoms with Gasteiger partial charge in [0.25, 0.3) is 0 Å². The summed E-state index contributed by atoms with van der Waals surface area (Å²) in [6.07, 6.45) is -3.38. The van der Waals surface area contributed by atoms with E-state index >= 15 is 0 Å². The van der Waals surface area contributed by atoms with Crippen LogP contribution in [0.15, 0.2) is 35.6 Å². The molecular weight excluding hydrogens is 406 g/mol. The van der Waals surface area contributed by atoms with Crippen molar-refractivity contribution in [2.45, 2.75) is 37.2 Å². The molecule has 3 atom stereocenters. The van der Waals surface area contributed by atoms with E-state index in [9.17, 15) is 22.8 Å². The van der Waals surface area contributed by atoms with Gasteiger partial charge in [0.15, 0.2) is 11.9 Å². The minimum atomic E-state index is -4.86. The second-order valence-electron chi connectivity index (χ2n) is 7.04. The van der Waals surface area contributed by atoms with Crippen LogP contribution in [-0.2, 0) is 0 Å². The highest BCUT2D eigenvalue weighted by atomic mass is 19.4. The second-order valence-corrected chi connectivity index (χ2v) is 7.04. The van der Waals surface area contributed by atoms with E-state index in [1.165, 1.54) is 17.1 Å². The van der Waals surface area contributed by atoms with Crippen LogP contribution >= 0.6 is 0 Å². The monoisotopic (exact) mass is 429 g/mol. The Labute approximate surface area is 170 Å². The van der Waals surface area contributed by atoms with Crippen molar-refractivity contribution < 1.29 is 27.5 Å². The summed E-state index contributed by atoms with van der Waals surface area (Å²) in [5.41, 5.74) is -0.292. The smallest absolute Gasteiger partial charge is 0.418 e. The van der Waals surface area contributed by atoms with Crippen molar-refractivity contribution in [2.24, 2.45) is 4.99 Å². The highest BCUT2D eigenvalue weighted by Gasteiger charge is 2.40. The molecule has 11 heteroatoms. The molecule has 0 saturated carbocycles. The second kappa shape index (κ2) is 9.11. The molecule has 0 radical (unpaired) electrons. The van der Waals surface area contributed by atoms with E-state index in [1.54, 1.807) is 13.1 Å². The number of hydrogen-bond donors (Lipinski definition) is 2. The summed E-state index contributed by atoms with van der Waals surface area (Å²) >= 11 is 0. The van der Waals surface area contributed by atoms with Gasteiger partial charge in [0.05, 0.1) is 12.1 Å². The molecule has 1 aliphatic rings. The summed E-state index contributed by atoms with van der Waals surface area (Å²) in [4.78, 5) is 3.76. The number of nitrogens with zero attached hydrogens (tertiary/aromatic N) is 4. The highest BCUT2D eigenvalue weighted by Crippen LogP contribution is 2.41. The molecule has 1 aromatic carbocycles. The van der Waals surface area contributed by atoms with Crippen molar-refractivity contribution in [1.82, 2.24) is 20.2 Å². The lowest BCUT2D eigenvalue weighted by molar-refractivity contribution is -0.206. The van der Waals surface area contributed by atoms with Gasteiger partial charge in [0, 0.05) is 18.9 Å². The zero-order valence-electron chi connectivity index (χ0n) is 16.3. The Balaban J connectivity index is 1.92. The van der Waals surface area contributed by atoms with Crippen molar-refractivity contribution in [3.05, 3.63) is 36.2 Å². The number of aromatic nitrogens is 2. The zero-order valence-corrected chi connectivity index (χ0v) is 16.3. The maximum atomic E-state index is 14.5. The first kappa shape index (κ1) is 22.2. The maximum absolute atomic E-state index is 14.5. The van der Waals surface area contributed by atoms with Crippen molar-refractivity contribution in [1.29, 1.82) is 0 Å². The van der Waals surface area contributed by atoms with Gasteiger partial charge in [0.1, 0.15) is 18.0 Å². The Hall–Kier alpha value is -2.50. The highest BCUT2D eigenvalue weighted by molar-refractivity contribution is 5.67. The molecule has 3 unspecified atom stereocenters. The minimum absolute atomic E-state index is 0.00326. The lowest BCUT2D eigenvalue weighted by atomic mass is 10.1. The van der Waals surface area contributed by atoms with Gasteiger partial charge in [-0.2, -0.15) is 18.3 Å². The molecule has 0 amide bonds.